The molecule has 0 radical (unpaired) electrons. The van der Waals surface area contributed by atoms with Crippen molar-refractivity contribution in [1.29, 1.82) is 0 Å². The summed E-state index contributed by atoms with van der Waals surface area (Å²) in [6.45, 7) is 6.24. The first-order valence-electron chi connectivity index (χ1n) is 6.51. The molecule has 1 N–H and O–H groups in total. The van der Waals surface area contributed by atoms with Crippen LogP contribution in [0.4, 0.5) is 0 Å². The van der Waals surface area contributed by atoms with Gasteiger partial charge in [0, 0.05) is 17.7 Å². The van der Waals surface area contributed by atoms with Crippen molar-refractivity contribution in [2.75, 3.05) is 0 Å². The Labute approximate surface area is 116 Å². The predicted molar refractivity (Wildman–Crippen MR) is 74.9 cm³/mol. The van der Waals surface area contributed by atoms with Crippen LogP contribution in [0.15, 0.2) is 28.8 Å². The van der Waals surface area contributed by atoms with Crippen molar-refractivity contribution in [3.8, 4) is 0 Å². The molecule has 4 heteroatoms. The summed E-state index contributed by atoms with van der Waals surface area (Å²) in [4.78, 5) is 24.7. The number of hydrogen-bond acceptors (Lipinski definition) is 3. The maximum atomic E-state index is 12.0. The van der Waals surface area contributed by atoms with Gasteiger partial charge >= 0.3 is 0 Å². The largest absolute Gasteiger partial charge is 0.325 e. The highest BCUT2D eigenvalue weighted by Gasteiger charge is 2.65. The van der Waals surface area contributed by atoms with Gasteiger partial charge < -0.3 is 5.32 Å². The molecule has 0 spiro atoms. The van der Waals surface area contributed by atoms with E-state index in [1.807, 2.05) is 18.4 Å². The Morgan fingerprint density at radius 2 is 2.21 bits per heavy atom. The monoisotopic (exact) mass is 275 g/mol. The number of Topliss-reactive ketones (excluding diaryl/α,β-unsaturated/α-hetero) is 1. The average molecular weight is 275 g/mol. The molecule has 19 heavy (non-hydrogen) atoms. The number of fused-ring (bicyclic) bond motifs is 1. The number of thiophene rings is 1. The third-order valence-electron chi connectivity index (χ3n) is 4.52. The Hall–Kier alpha value is -1.42. The number of carbonyl (C=O) groups excluding carboxylic acids is 2. The lowest BCUT2D eigenvalue weighted by Gasteiger charge is -2.13. The van der Waals surface area contributed by atoms with Crippen molar-refractivity contribution in [1.82, 2.24) is 5.32 Å². The van der Waals surface area contributed by atoms with Gasteiger partial charge in [-0.2, -0.15) is 0 Å². The molecule has 3 nitrogen and oxygen atoms in total. The van der Waals surface area contributed by atoms with Crippen LogP contribution < -0.4 is 5.32 Å². The predicted octanol–water partition coefficient (Wildman–Crippen LogP) is 3.00. The highest BCUT2D eigenvalue weighted by molar-refractivity contribution is 7.12. The van der Waals surface area contributed by atoms with Crippen LogP contribution in [0, 0.1) is 17.3 Å². The first-order valence-corrected chi connectivity index (χ1v) is 7.39. The minimum Gasteiger partial charge on any atom is -0.325 e. The lowest BCUT2D eigenvalue weighted by Crippen LogP contribution is -2.24. The zero-order chi connectivity index (χ0) is 13.8. The molecule has 0 aromatic carbocycles. The van der Waals surface area contributed by atoms with Gasteiger partial charge in [0.05, 0.1) is 4.88 Å². The molecular weight excluding hydrogens is 258 g/mol. The van der Waals surface area contributed by atoms with Crippen molar-refractivity contribution in [2.45, 2.75) is 27.2 Å². The van der Waals surface area contributed by atoms with Crippen LogP contribution in [0.2, 0.25) is 0 Å². The number of rotatable bonds is 2. The topological polar surface area (TPSA) is 46.2 Å². The maximum Gasteiger partial charge on any atom is 0.265 e. The van der Waals surface area contributed by atoms with Gasteiger partial charge in [-0.3, -0.25) is 9.59 Å². The summed E-state index contributed by atoms with van der Waals surface area (Å²) in [6, 6.07) is 3.64. The van der Waals surface area contributed by atoms with Gasteiger partial charge in [-0.05, 0) is 35.6 Å². The smallest absolute Gasteiger partial charge is 0.265 e. The van der Waals surface area contributed by atoms with E-state index < -0.39 is 0 Å². The molecule has 100 valence electrons. The van der Waals surface area contributed by atoms with Crippen LogP contribution in [0.1, 0.15) is 36.9 Å². The van der Waals surface area contributed by atoms with Gasteiger partial charge in [0.1, 0.15) is 0 Å². The van der Waals surface area contributed by atoms with Crippen molar-refractivity contribution in [3.05, 3.63) is 33.7 Å². The Morgan fingerprint density at radius 3 is 2.79 bits per heavy atom. The second kappa shape index (κ2) is 4.04. The summed E-state index contributed by atoms with van der Waals surface area (Å²) in [7, 11) is 0. The highest BCUT2D eigenvalue weighted by atomic mass is 32.1. The van der Waals surface area contributed by atoms with Gasteiger partial charge in [0.25, 0.3) is 5.91 Å². The van der Waals surface area contributed by atoms with Gasteiger partial charge in [0.15, 0.2) is 5.78 Å². The summed E-state index contributed by atoms with van der Waals surface area (Å²) in [5.74, 6) is 0.903. The molecule has 2 aliphatic carbocycles. The highest BCUT2D eigenvalue weighted by Crippen LogP contribution is 2.68. The zero-order valence-corrected chi connectivity index (χ0v) is 12.1. The van der Waals surface area contributed by atoms with Gasteiger partial charge in [0.2, 0.25) is 0 Å². The lowest BCUT2D eigenvalue weighted by atomic mass is 9.95. The molecule has 2 fully saturated rings. The molecule has 2 aliphatic rings. The quantitative estimate of drug-likeness (QED) is 0.843. The molecule has 0 saturated heterocycles. The summed E-state index contributed by atoms with van der Waals surface area (Å²) in [5.41, 5.74) is 1.81. The van der Waals surface area contributed by atoms with E-state index in [2.05, 4.69) is 19.2 Å². The summed E-state index contributed by atoms with van der Waals surface area (Å²) in [6.07, 6.45) is 0.638. The van der Waals surface area contributed by atoms with E-state index in [1.165, 1.54) is 11.3 Å². The minimum atomic E-state index is -0.116. The lowest BCUT2D eigenvalue weighted by molar-refractivity contribution is -0.115. The number of allylic oxidation sites excluding steroid dienone is 2. The first kappa shape index (κ1) is 12.6. The van der Waals surface area contributed by atoms with E-state index in [0.29, 0.717) is 23.1 Å². The number of hydrogen-bond donors (Lipinski definition) is 1. The van der Waals surface area contributed by atoms with E-state index in [0.717, 1.165) is 11.3 Å². The van der Waals surface area contributed by atoms with Crippen molar-refractivity contribution in [2.24, 2.45) is 17.3 Å². The Kier molecular flexibility index (Phi) is 2.68. The van der Waals surface area contributed by atoms with E-state index in [-0.39, 0.29) is 17.1 Å². The SMILES string of the molecule is C/C(NC(=O)c1cccs1)=C1\C(=O)C[C@@H]2[C@H]1C2(C)C. The Morgan fingerprint density at radius 1 is 1.47 bits per heavy atom. The van der Waals surface area contributed by atoms with E-state index in [4.69, 9.17) is 0 Å². The molecule has 0 bridgehead atoms. The van der Waals surface area contributed by atoms with Crippen LogP contribution in [0.3, 0.4) is 0 Å². The van der Waals surface area contributed by atoms with Crippen LogP contribution in [-0.4, -0.2) is 11.7 Å². The molecule has 2 atom stereocenters. The minimum absolute atomic E-state index is 0.116. The third-order valence-corrected chi connectivity index (χ3v) is 5.39. The fourth-order valence-corrected chi connectivity index (χ4v) is 3.95. The molecule has 1 aromatic rings. The molecule has 2 saturated carbocycles. The fourth-order valence-electron chi connectivity index (χ4n) is 3.33. The maximum absolute atomic E-state index is 12.0. The van der Waals surface area contributed by atoms with Crippen LogP contribution >= 0.6 is 11.3 Å². The van der Waals surface area contributed by atoms with Crippen LogP contribution in [0.5, 0.6) is 0 Å². The number of carbonyl (C=O) groups is 2. The summed E-state index contributed by atoms with van der Waals surface area (Å²) in [5, 5.41) is 4.75. The van der Waals surface area contributed by atoms with E-state index in [1.54, 1.807) is 6.07 Å². The summed E-state index contributed by atoms with van der Waals surface area (Å²) >= 11 is 1.41. The molecule has 3 rings (SSSR count). The number of amides is 1. The van der Waals surface area contributed by atoms with E-state index in [9.17, 15) is 9.59 Å². The van der Waals surface area contributed by atoms with Crippen molar-refractivity contribution < 1.29 is 9.59 Å². The van der Waals surface area contributed by atoms with Gasteiger partial charge in [-0.15, -0.1) is 11.3 Å². The first-order chi connectivity index (χ1) is 8.93. The zero-order valence-electron chi connectivity index (χ0n) is 11.3. The molecule has 0 unspecified atom stereocenters. The average Bonchev–Trinajstić information content (AvgIpc) is 2.82. The molecule has 1 heterocycles. The fraction of sp³-hybridized carbons (Fsp3) is 0.467. The molecule has 0 aliphatic heterocycles. The molecule has 1 aromatic heterocycles. The Balaban J connectivity index is 1.83. The molecule has 1 amide bonds. The normalized spacial score (nSPS) is 29.9. The molecular formula is C15H17NO2S. The second-order valence-corrected chi connectivity index (χ2v) is 6.95. The van der Waals surface area contributed by atoms with Gasteiger partial charge in [-0.1, -0.05) is 19.9 Å². The summed E-state index contributed by atoms with van der Waals surface area (Å²) < 4.78 is 0. The number of ketones is 1. The Bertz CT molecular complexity index is 583. The van der Waals surface area contributed by atoms with Crippen LogP contribution in [-0.2, 0) is 4.79 Å². The number of nitrogens with one attached hydrogen (secondary N) is 1. The van der Waals surface area contributed by atoms with Crippen molar-refractivity contribution >= 4 is 23.0 Å². The van der Waals surface area contributed by atoms with Crippen LogP contribution in [0.25, 0.3) is 0 Å². The van der Waals surface area contributed by atoms with Gasteiger partial charge in [-0.25, -0.2) is 0 Å². The third kappa shape index (κ3) is 1.86. The van der Waals surface area contributed by atoms with Crippen molar-refractivity contribution in [3.63, 3.8) is 0 Å². The standard InChI is InChI=1S/C15H17NO2S/c1-8(16-14(18)11-5-4-6-19-11)12-10(17)7-9-13(12)15(9,2)3/h4-6,9,13H,7H2,1-3H3,(H,16,18)/b12-8-/t9-,13-/m1/s1. The second-order valence-electron chi connectivity index (χ2n) is 6.00. The van der Waals surface area contributed by atoms with E-state index >= 15 is 0 Å².